The van der Waals surface area contributed by atoms with Gasteiger partial charge in [0.2, 0.25) is 11.7 Å². The molecule has 0 aliphatic rings. The number of methoxy groups -OCH3 is 1. The molecule has 1 heterocycles. The van der Waals surface area contributed by atoms with Crippen molar-refractivity contribution in [2.75, 3.05) is 7.11 Å². The monoisotopic (exact) mass is 429 g/mol. The topological polar surface area (TPSA) is 77.3 Å². The number of amides is 1. The van der Waals surface area contributed by atoms with Crippen LogP contribution >= 0.6 is 15.9 Å². The number of hydrogen-bond donors (Lipinski definition) is 1. The van der Waals surface area contributed by atoms with E-state index in [0.29, 0.717) is 17.3 Å². The number of ether oxygens (including phenoxy) is 1. The van der Waals surface area contributed by atoms with Gasteiger partial charge in [-0.2, -0.15) is 4.98 Å². The van der Waals surface area contributed by atoms with E-state index < -0.39 is 0 Å². The SMILES string of the molecule is COc1ccc(-c2noc(C(NC(=O)c3ccc(Br)cc3)C(C)C)n2)cc1. The summed E-state index contributed by atoms with van der Waals surface area (Å²) in [5, 5.41) is 7.03. The van der Waals surface area contributed by atoms with Crippen LogP contribution in [0.15, 0.2) is 57.5 Å². The largest absolute Gasteiger partial charge is 0.497 e. The van der Waals surface area contributed by atoms with Crippen molar-refractivity contribution in [1.82, 2.24) is 15.5 Å². The number of hydrogen-bond acceptors (Lipinski definition) is 5. The molecule has 1 unspecified atom stereocenters. The molecule has 0 aliphatic heterocycles. The zero-order valence-electron chi connectivity index (χ0n) is 15.3. The van der Waals surface area contributed by atoms with Crippen molar-refractivity contribution in [3.05, 3.63) is 64.5 Å². The zero-order chi connectivity index (χ0) is 19.4. The van der Waals surface area contributed by atoms with Gasteiger partial charge in [0.05, 0.1) is 7.11 Å². The van der Waals surface area contributed by atoms with E-state index in [9.17, 15) is 4.79 Å². The first-order chi connectivity index (χ1) is 13.0. The average molecular weight is 430 g/mol. The number of halogens is 1. The molecule has 1 N–H and O–H groups in total. The minimum absolute atomic E-state index is 0.0774. The molecule has 0 radical (unpaired) electrons. The fraction of sp³-hybridized carbons (Fsp3) is 0.250. The van der Waals surface area contributed by atoms with E-state index in [0.717, 1.165) is 15.8 Å². The van der Waals surface area contributed by atoms with Crippen LogP contribution in [0.2, 0.25) is 0 Å². The number of carbonyl (C=O) groups excluding carboxylic acids is 1. The Bertz CT molecular complexity index is 905. The maximum atomic E-state index is 12.6. The summed E-state index contributed by atoms with van der Waals surface area (Å²) in [5.41, 5.74) is 1.38. The quantitative estimate of drug-likeness (QED) is 0.617. The third kappa shape index (κ3) is 4.54. The Kier molecular flexibility index (Phi) is 5.91. The van der Waals surface area contributed by atoms with Gasteiger partial charge in [0.1, 0.15) is 11.8 Å². The zero-order valence-corrected chi connectivity index (χ0v) is 16.9. The van der Waals surface area contributed by atoms with Gasteiger partial charge in [-0.25, -0.2) is 0 Å². The molecule has 2 aromatic carbocycles. The molecule has 1 amide bonds. The van der Waals surface area contributed by atoms with Crippen LogP contribution in [0.3, 0.4) is 0 Å². The molecular formula is C20H20BrN3O3. The number of nitrogens with zero attached hydrogens (tertiary/aromatic N) is 2. The molecule has 0 aliphatic carbocycles. The highest BCUT2D eigenvalue weighted by Crippen LogP contribution is 2.25. The van der Waals surface area contributed by atoms with Gasteiger partial charge in [-0.05, 0) is 54.4 Å². The van der Waals surface area contributed by atoms with Gasteiger partial charge in [0.15, 0.2) is 0 Å². The van der Waals surface area contributed by atoms with E-state index in [1.54, 1.807) is 19.2 Å². The fourth-order valence-corrected chi connectivity index (χ4v) is 2.82. The highest BCUT2D eigenvalue weighted by Gasteiger charge is 2.25. The Labute approximate surface area is 166 Å². The number of rotatable bonds is 6. The Balaban J connectivity index is 1.79. The maximum absolute atomic E-state index is 12.6. The molecule has 0 saturated carbocycles. The van der Waals surface area contributed by atoms with E-state index >= 15 is 0 Å². The molecule has 140 valence electrons. The van der Waals surface area contributed by atoms with Crippen LogP contribution in [0.25, 0.3) is 11.4 Å². The van der Waals surface area contributed by atoms with Crippen LogP contribution < -0.4 is 10.1 Å². The van der Waals surface area contributed by atoms with E-state index in [1.165, 1.54) is 0 Å². The third-order valence-electron chi connectivity index (χ3n) is 4.12. The normalized spacial score (nSPS) is 12.0. The van der Waals surface area contributed by atoms with Crippen LogP contribution in [0, 0.1) is 5.92 Å². The molecule has 27 heavy (non-hydrogen) atoms. The molecule has 0 fully saturated rings. The summed E-state index contributed by atoms with van der Waals surface area (Å²) in [5.74, 6) is 1.49. The summed E-state index contributed by atoms with van der Waals surface area (Å²) in [6, 6.07) is 14.2. The Hall–Kier alpha value is -2.67. The second kappa shape index (κ2) is 8.35. The summed E-state index contributed by atoms with van der Waals surface area (Å²) in [6.07, 6.45) is 0. The molecule has 7 heteroatoms. The molecule has 6 nitrogen and oxygen atoms in total. The molecule has 3 aromatic rings. The summed E-state index contributed by atoms with van der Waals surface area (Å²) >= 11 is 3.37. The summed E-state index contributed by atoms with van der Waals surface area (Å²) in [4.78, 5) is 17.0. The Morgan fingerprint density at radius 1 is 1.11 bits per heavy atom. The van der Waals surface area contributed by atoms with Gasteiger partial charge in [-0.3, -0.25) is 4.79 Å². The van der Waals surface area contributed by atoms with Gasteiger partial charge in [0, 0.05) is 15.6 Å². The van der Waals surface area contributed by atoms with Crippen LogP contribution in [0.1, 0.15) is 36.1 Å². The lowest BCUT2D eigenvalue weighted by molar-refractivity contribution is 0.0914. The number of nitrogens with one attached hydrogen (secondary N) is 1. The second-order valence-corrected chi connectivity index (χ2v) is 7.30. The van der Waals surface area contributed by atoms with E-state index in [2.05, 4.69) is 31.4 Å². The highest BCUT2D eigenvalue weighted by atomic mass is 79.9. The highest BCUT2D eigenvalue weighted by molar-refractivity contribution is 9.10. The first kappa shape index (κ1) is 19.1. The van der Waals surface area contributed by atoms with Crippen molar-refractivity contribution < 1.29 is 14.1 Å². The van der Waals surface area contributed by atoms with E-state index in [-0.39, 0.29) is 17.9 Å². The second-order valence-electron chi connectivity index (χ2n) is 6.39. The van der Waals surface area contributed by atoms with Crippen LogP contribution in [0.5, 0.6) is 5.75 Å². The van der Waals surface area contributed by atoms with Gasteiger partial charge < -0.3 is 14.6 Å². The van der Waals surface area contributed by atoms with Crippen LogP contribution in [0.4, 0.5) is 0 Å². The van der Waals surface area contributed by atoms with Gasteiger partial charge in [-0.1, -0.05) is 34.9 Å². The van der Waals surface area contributed by atoms with E-state index in [1.807, 2.05) is 50.2 Å². The van der Waals surface area contributed by atoms with Crippen molar-refractivity contribution in [1.29, 1.82) is 0 Å². The molecule has 3 rings (SSSR count). The smallest absolute Gasteiger partial charge is 0.251 e. The van der Waals surface area contributed by atoms with Crippen molar-refractivity contribution in [2.24, 2.45) is 5.92 Å². The third-order valence-corrected chi connectivity index (χ3v) is 4.64. The van der Waals surface area contributed by atoms with Crippen molar-refractivity contribution in [2.45, 2.75) is 19.9 Å². The summed E-state index contributed by atoms with van der Waals surface area (Å²) in [7, 11) is 1.61. The lowest BCUT2D eigenvalue weighted by atomic mass is 10.0. The van der Waals surface area contributed by atoms with Gasteiger partial charge in [0.25, 0.3) is 5.91 Å². The number of benzene rings is 2. The van der Waals surface area contributed by atoms with E-state index in [4.69, 9.17) is 9.26 Å². The number of carbonyl (C=O) groups is 1. The summed E-state index contributed by atoms with van der Waals surface area (Å²) in [6.45, 7) is 3.98. The maximum Gasteiger partial charge on any atom is 0.251 e. The minimum Gasteiger partial charge on any atom is -0.497 e. The standard InChI is InChI=1S/C20H20BrN3O3/c1-12(2)17(22-19(25)14-4-8-15(21)9-5-14)20-23-18(24-27-20)13-6-10-16(26-3)11-7-13/h4-12,17H,1-3H3,(H,22,25). The van der Waals surface area contributed by atoms with Gasteiger partial charge >= 0.3 is 0 Å². The lowest BCUT2D eigenvalue weighted by Gasteiger charge is -2.18. The predicted molar refractivity (Wildman–Crippen MR) is 105 cm³/mol. The van der Waals surface area contributed by atoms with Crippen molar-refractivity contribution >= 4 is 21.8 Å². The minimum atomic E-state index is -0.388. The first-order valence-electron chi connectivity index (χ1n) is 8.52. The van der Waals surface area contributed by atoms with Crippen molar-refractivity contribution in [3.63, 3.8) is 0 Å². The predicted octanol–water partition coefficient (Wildman–Crippen LogP) is 4.63. The lowest BCUT2D eigenvalue weighted by Crippen LogP contribution is -2.32. The fourth-order valence-electron chi connectivity index (χ4n) is 2.56. The molecule has 0 bridgehead atoms. The average Bonchev–Trinajstić information content (AvgIpc) is 3.16. The Morgan fingerprint density at radius 3 is 2.37 bits per heavy atom. The first-order valence-corrected chi connectivity index (χ1v) is 9.31. The molecule has 1 aromatic heterocycles. The summed E-state index contributed by atoms with van der Waals surface area (Å²) < 4.78 is 11.5. The molecule has 1 atom stereocenters. The molecular weight excluding hydrogens is 410 g/mol. The Morgan fingerprint density at radius 2 is 1.78 bits per heavy atom. The molecule has 0 spiro atoms. The molecule has 0 saturated heterocycles. The van der Waals surface area contributed by atoms with Crippen LogP contribution in [-0.4, -0.2) is 23.2 Å². The van der Waals surface area contributed by atoms with Gasteiger partial charge in [-0.15, -0.1) is 0 Å². The van der Waals surface area contributed by atoms with Crippen LogP contribution in [-0.2, 0) is 0 Å². The van der Waals surface area contributed by atoms with Crippen molar-refractivity contribution in [3.8, 4) is 17.1 Å². The number of aromatic nitrogens is 2.